The van der Waals surface area contributed by atoms with E-state index in [9.17, 15) is 0 Å². The Morgan fingerprint density at radius 3 is 2.77 bits per heavy atom. The van der Waals surface area contributed by atoms with Gasteiger partial charge in [0.2, 0.25) is 0 Å². The van der Waals surface area contributed by atoms with Crippen LogP contribution in [0.25, 0.3) is 11.0 Å². The first kappa shape index (κ1) is 15.1. The average molecular weight is 314 g/mol. The Labute approximate surface area is 135 Å². The van der Waals surface area contributed by atoms with Crippen molar-refractivity contribution in [2.45, 2.75) is 32.4 Å². The third-order valence-electron chi connectivity index (χ3n) is 3.85. The van der Waals surface area contributed by atoms with Crippen LogP contribution in [0, 0.1) is 0 Å². The van der Waals surface area contributed by atoms with Gasteiger partial charge in [0.25, 0.3) is 0 Å². The summed E-state index contributed by atoms with van der Waals surface area (Å²) in [5, 5.41) is 0.751. The van der Waals surface area contributed by atoms with Gasteiger partial charge in [-0.2, -0.15) is 0 Å². The molecular weight excluding hydrogens is 294 g/mol. The molecule has 2 N–H and O–H groups in total. The van der Waals surface area contributed by atoms with Crippen molar-refractivity contribution >= 4 is 22.6 Å². The molecule has 0 radical (unpaired) electrons. The van der Waals surface area contributed by atoms with Crippen LogP contribution in [0.4, 0.5) is 0 Å². The van der Waals surface area contributed by atoms with Crippen molar-refractivity contribution in [2.75, 3.05) is 0 Å². The summed E-state index contributed by atoms with van der Waals surface area (Å²) in [6, 6.07) is 16.1. The molecule has 0 unspecified atom stereocenters. The van der Waals surface area contributed by atoms with E-state index in [1.807, 2.05) is 36.4 Å². The predicted octanol–water partition coefficient (Wildman–Crippen LogP) is 4.54. The number of halogens is 1. The molecule has 0 fully saturated rings. The van der Waals surface area contributed by atoms with Gasteiger partial charge in [-0.05, 0) is 36.2 Å². The van der Waals surface area contributed by atoms with Crippen LogP contribution in [0.15, 0.2) is 48.5 Å². The minimum Gasteiger partial charge on any atom is -0.322 e. The maximum absolute atomic E-state index is 6.34. The molecule has 1 atom stereocenters. The van der Waals surface area contributed by atoms with Crippen LogP contribution in [0.2, 0.25) is 5.02 Å². The van der Waals surface area contributed by atoms with E-state index in [-0.39, 0.29) is 6.04 Å². The van der Waals surface area contributed by atoms with Crippen molar-refractivity contribution in [2.24, 2.45) is 5.73 Å². The molecule has 0 spiro atoms. The van der Waals surface area contributed by atoms with E-state index < -0.39 is 0 Å². The van der Waals surface area contributed by atoms with Gasteiger partial charge in [-0.3, -0.25) is 0 Å². The summed E-state index contributed by atoms with van der Waals surface area (Å²) in [5.74, 6) is 0.947. The van der Waals surface area contributed by atoms with E-state index in [1.165, 1.54) is 0 Å². The van der Waals surface area contributed by atoms with Gasteiger partial charge in [0.15, 0.2) is 0 Å². The van der Waals surface area contributed by atoms with Gasteiger partial charge >= 0.3 is 0 Å². The van der Waals surface area contributed by atoms with Crippen LogP contribution in [0.5, 0.6) is 0 Å². The Morgan fingerprint density at radius 2 is 2.00 bits per heavy atom. The second-order valence-electron chi connectivity index (χ2n) is 5.57. The summed E-state index contributed by atoms with van der Waals surface area (Å²) in [7, 11) is 0. The topological polar surface area (TPSA) is 43.8 Å². The molecule has 0 saturated heterocycles. The first-order valence-electron chi connectivity index (χ1n) is 7.64. The minimum absolute atomic E-state index is 0.0448. The average Bonchev–Trinajstić information content (AvgIpc) is 2.87. The number of benzene rings is 2. The molecule has 3 nitrogen and oxygen atoms in total. The zero-order valence-electron chi connectivity index (χ0n) is 12.7. The number of imidazole rings is 1. The molecule has 1 aromatic heterocycles. The number of para-hydroxylation sites is 2. The zero-order chi connectivity index (χ0) is 15.5. The summed E-state index contributed by atoms with van der Waals surface area (Å²) in [4.78, 5) is 4.75. The molecule has 4 heteroatoms. The SMILES string of the molecule is CCC[C@H](N)c1nc2ccccc2n1Cc1cccc(Cl)c1. The van der Waals surface area contributed by atoms with E-state index in [2.05, 4.69) is 23.6 Å². The Hall–Kier alpha value is -1.84. The molecule has 3 aromatic rings. The van der Waals surface area contributed by atoms with Crippen molar-refractivity contribution in [3.8, 4) is 0 Å². The number of fused-ring (bicyclic) bond motifs is 1. The molecule has 0 aliphatic carbocycles. The van der Waals surface area contributed by atoms with Gasteiger partial charge in [-0.1, -0.05) is 49.2 Å². The fraction of sp³-hybridized carbons (Fsp3) is 0.278. The molecule has 2 aromatic carbocycles. The predicted molar refractivity (Wildman–Crippen MR) is 92.1 cm³/mol. The molecule has 3 rings (SSSR count). The van der Waals surface area contributed by atoms with Crippen molar-refractivity contribution in [3.63, 3.8) is 0 Å². The summed E-state index contributed by atoms with van der Waals surface area (Å²) in [5.41, 5.74) is 9.60. The lowest BCUT2D eigenvalue weighted by molar-refractivity contribution is 0.572. The maximum Gasteiger partial charge on any atom is 0.127 e. The molecule has 114 valence electrons. The highest BCUT2D eigenvalue weighted by molar-refractivity contribution is 6.30. The number of hydrogen-bond acceptors (Lipinski definition) is 2. The normalized spacial score (nSPS) is 12.7. The lowest BCUT2D eigenvalue weighted by Crippen LogP contribution is -2.17. The summed E-state index contributed by atoms with van der Waals surface area (Å²) < 4.78 is 2.21. The third kappa shape index (κ3) is 3.01. The Balaban J connectivity index is 2.07. The number of rotatable bonds is 5. The van der Waals surface area contributed by atoms with Crippen LogP contribution in [-0.4, -0.2) is 9.55 Å². The highest BCUT2D eigenvalue weighted by atomic mass is 35.5. The molecule has 0 amide bonds. The minimum atomic E-state index is -0.0448. The summed E-state index contributed by atoms with van der Waals surface area (Å²) >= 11 is 6.11. The Morgan fingerprint density at radius 1 is 1.18 bits per heavy atom. The second kappa shape index (κ2) is 6.51. The monoisotopic (exact) mass is 313 g/mol. The number of nitrogens with zero attached hydrogens (tertiary/aromatic N) is 2. The fourth-order valence-electron chi connectivity index (χ4n) is 2.80. The van der Waals surface area contributed by atoms with Crippen molar-refractivity contribution in [3.05, 3.63) is 64.9 Å². The van der Waals surface area contributed by atoms with E-state index in [4.69, 9.17) is 22.3 Å². The Bertz CT molecular complexity index is 779. The number of nitrogens with two attached hydrogens (primary N) is 1. The van der Waals surface area contributed by atoms with Crippen LogP contribution < -0.4 is 5.73 Å². The molecule has 0 aliphatic rings. The number of hydrogen-bond donors (Lipinski definition) is 1. The molecule has 0 aliphatic heterocycles. The first-order chi connectivity index (χ1) is 10.7. The fourth-order valence-corrected chi connectivity index (χ4v) is 3.01. The molecular formula is C18H20ClN3. The standard InChI is InChI=1S/C18H20ClN3/c1-2-6-15(20)18-21-16-9-3-4-10-17(16)22(18)12-13-7-5-8-14(19)11-13/h3-5,7-11,15H,2,6,12,20H2,1H3/t15-/m0/s1. The lowest BCUT2D eigenvalue weighted by atomic mass is 10.1. The molecule has 1 heterocycles. The van der Waals surface area contributed by atoms with Gasteiger partial charge in [0.05, 0.1) is 17.1 Å². The quantitative estimate of drug-likeness (QED) is 0.751. The highest BCUT2D eigenvalue weighted by Gasteiger charge is 2.16. The van der Waals surface area contributed by atoms with Gasteiger partial charge in [-0.15, -0.1) is 0 Å². The smallest absolute Gasteiger partial charge is 0.127 e. The van der Waals surface area contributed by atoms with Crippen LogP contribution in [0.3, 0.4) is 0 Å². The second-order valence-corrected chi connectivity index (χ2v) is 6.01. The highest BCUT2D eigenvalue weighted by Crippen LogP contribution is 2.24. The summed E-state index contributed by atoms with van der Waals surface area (Å²) in [6.07, 6.45) is 1.97. The van der Waals surface area contributed by atoms with Gasteiger partial charge in [-0.25, -0.2) is 4.98 Å². The van der Waals surface area contributed by atoms with Gasteiger partial charge in [0.1, 0.15) is 5.82 Å². The van der Waals surface area contributed by atoms with E-state index in [0.29, 0.717) is 0 Å². The molecule has 22 heavy (non-hydrogen) atoms. The van der Waals surface area contributed by atoms with Crippen LogP contribution >= 0.6 is 11.6 Å². The van der Waals surface area contributed by atoms with Crippen LogP contribution in [-0.2, 0) is 6.54 Å². The van der Waals surface area contributed by atoms with Crippen LogP contribution in [0.1, 0.15) is 37.2 Å². The molecule has 0 saturated carbocycles. The Kier molecular flexibility index (Phi) is 4.46. The largest absolute Gasteiger partial charge is 0.322 e. The molecule has 0 bridgehead atoms. The lowest BCUT2D eigenvalue weighted by Gasteiger charge is -2.14. The van der Waals surface area contributed by atoms with E-state index in [0.717, 1.165) is 46.8 Å². The maximum atomic E-state index is 6.34. The first-order valence-corrected chi connectivity index (χ1v) is 8.02. The van der Waals surface area contributed by atoms with E-state index >= 15 is 0 Å². The van der Waals surface area contributed by atoms with Crippen molar-refractivity contribution in [1.82, 2.24) is 9.55 Å². The summed E-state index contributed by atoms with van der Waals surface area (Å²) in [6.45, 7) is 2.87. The van der Waals surface area contributed by atoms with Gasteiger partial charge in [0, 0.05) is 11.6 Å². The van der Waals surface area contributed by atoms with Crippen molar-refractivity contribution in [1.29, 1.82) is 0 Å². The zero-order valence-corrected chi connectivity index (χ0v) is 13.4. The number of aromatic nitrogens is 2. The van der Waals surface area contributed by atoms with Gasteiger partial charge < -0.3 is 10.3 Å². The van der Waals surface area contributed by atoms with Crippen molar-refractivity contribution < 1.29 is 0 Å². The third-order valence-corrected chi connectivity index (χ3v) is 4.08. The van der Waals surface area contributed by atoms with E-state index in [1.54, 1.807) is 0 Å².